The highest BCUT2D eigenvalue weighted by Gasteiger charge is 2.11. The summed E-state index contributed by atoms with van der Waals surface area (Å²) in [6.45, 7) is 5.06. The number of aromatic nitrogens is 1. The minimum absolute atomic E-state index is 0.193. The lowest BCUT2D eigenvalue weighted by Gasteiger charge is -2.05. The van der Waals surface area contributed by atoms with E-state index in [0.717, 1.165) is 16.3 Å². The lowest BCUT2D eigenvalue weighted by molar-refractivity contribution is 0.0954. The van der Waals surface area contributed by atoms with Gasteiger partial charge in [-0.05, 0) is 24.3 Å². The first-order valence-electron chi connectivity index (χ1n) is 6.81. The molecule has 0 atom stereocenters. The van der Waals surface area contributed by atoms with Gasteiger partial charge in [0, 0.05) is 24.6 Å². The molecule has 0 radical (unpaired) electrons. The second-order valence-electron chi connectivity index (χ2n) is 4.40. The molecule has 2 aromatic rings. The van der Waals surface area contributed by atoms with Crippen molar-refractivity contribution in [3.8, 4) is 16.3 Å². The topological polar surface area (TPSA) is 60.5 Å². The molecular formula is C16H18N2O3S. The summed E-state index contributed by atoms with van der Waals surface area (Å²) < 4.78 is 10.4. The average Bonchev–Trinajstić information content (AvgIpc) is 3.03. The Balaban J connectivity index is 2.01. The van der Waals surface area contributed by atoms with Crippen molar-refractivity contribution in [1.29, 1.82) is 0 Å². The number of hydrogen-bond donors (Lipinski definition) is 1. The summed E-state index contributed by atoms with van der Waals surface area (Å²) in [5.41, 5.74) is 1.37. The first-order valence-corrected chi connectivity index (χ1v) is 7.69. The zero-order valence-corrected chi connectivity index (χ0v) is 13.2. The molecule has 0 saturated heterocycles. The normalized spacial score (nSPS) is 10.2. The van der Waals surface area contributed by atoms with Gasteiger partial charge in [0.2, 0.25) is 0 Å². The smallest absolute Gasteiger partial charge is 0.271 e. The minimum atomic E-state index is -0.193. The molecule has 0 aliphatic rings. The second-order valence-corrected chi connectivity index (χ2v) is 5.26. The number of carbonyl (C=O) groups is 1. The molecular weight excluding hydrogens is 300 g/mol. The third-order valence-corrected chi connectivity index (χ3v) is 3.69. The molecule has 22 heavy (non-hydrogen) atoms. The van der Waals surface area contributed by atoms with Crippen LogP contribution in [0.3, 0.4) is 0 Å². The van der Waals surface area contributed by atoms with Crippen LogP contribution in [-0.2, 0) is 4.74 Å². The van der Waals surface area contributed by atoms with Crippen LogP contribution < -0.4 is 10.1 Å². The van der Waals surface area contributed by atoms with Crippen molar-refractivity contribution in [3.63, 3.8) is 0 Å². The SMILES string of the molecule is C=CCNC(=O)c1csc(-c2ccc(OCCOC)cc2)n1. The van der Waals surface area contributed by atoms with Gasteiger partial charge in [-0.1, -0.05) is 6.08 Å². The number of hydrogen-bond acceptors (Lipinski definition) is 5. The predicted octanol–water partition coefficient (Wildman–Crippen LogP) is 2.75. The maximum absolute atomic E-state index is 11.8. The second kappa shape index (κ2) is 8.31. The average molecular weight is 318 g/mol. The maximum atomic E-state index is 11.8. The van der Waals surface area contributed by atoms with Crippen LogP contribution in [-0.4, -0.2) is 37.8 Å². The molecule has 0 saturated carbocycles. The van der Waals surface area contributed by atoms with Gasteiger partial charge in [0.1, 0.15) is 23.1 Å². The highest BCUT2D eigenvalue weighted by Crippen LogP contribution is 2.25. The molecule has 116 valence electrons. The van der Waals surface area contributed by atoms with Crippen molar-refractivity contribution < 1.29 is 14.3 Å². The van der Waals surface area contributed by atoms with Crippen molar-refractivity contribution in [2.75, 3.05) is 26.9 Å². The highest BCUT2D eigenvalue weighted by molar-refractivity contribution is 7.13. The molecule has 1 aromatic carbocycles. The van der Waals surface area contributed by atoms with E-state index in [1.54, 1.807) is 18.6 Å². The summed E-state index contributed by atoms with van der Waals surface area (Å²) in [6, 6.07) is 7.60. The van der Waals surface area contributed by atoms with Gasteiger partial charge >= 0.3 is 0 Å². The number of methoxy groups -OCH3 is 1. The largest absolute Gasteiger partial charge is 0.491 e. The maximum Gasteiger partial charge on any atom is 0.271 e. The minimum Gasteiger partial charge on any atom is -0.491 e. The third kappa shape index (κ3) is 4.41. The molecule has 1 N–H and O–H groups in total. The van der Waals surface area contributed by atoms with E-state index in [4.69, 9.17) is 9.47 Å². The van der Waals surface area contributed by atoms with Crippen molar-refractivity contribution in [3.05, 3.63) is 48.0 Å². The van der Waals surface area contributed by atoms with E-state index in [-0.39, 0.29) is 5.91 Å². The zero-order chi connectivity index (χ0) is 15.8. The molecule has 2 rings (SSSR count). The fourth-order valence-electron chi connectivity index (χ4n) is 1.70. The highest BCUT2D eigenvalue weighted by atomic mass is 32.1. The van der Waals surface area contributed by atoms with Crippen molar-refractivity contribution in [2.45, 2.75) is 0 Å². The first kappa shape index (κ1) is 16.2. The molecule has 1 heterocycles. The Labute approximate surface area is 133 Å². The van der Waals surface area contributed by atoms with Crippen LogP contribution in [0, 0.1) is 0 Å². The molecule has 6 heteroatoms. The number of thiazole rings is 1. The van der Waals surface area contributed by atoms with Crippen LogP contribution in [0.15, 0.2) is 42.3 Å². The Hall–Kier alpha value is -2.18. The number of amides is 1. The summed E-state index contributed by atoms with van der Waals surface area (Å²) >= 11 is 1.43. The van der Waals surface area contributed by atoms with Crippen molar-refractivity contribution in [1.82, 2.24) is 10.3 Å². The Bertz CT molecular complexity index is 623. The van der Waals surface area contributed by atoms with Gasteiger partial charge in [-0.15, -0.1) is 17.9 Å². The molecule has 0 unspecified atom stereocenters. The number of nitrogens with zero attached hydrogens (tertiary/aromatic N) is 1. The summed E-state index contributed by atoms with van der Waals surface area (Å²) in [5.74, 6) is 0.586. The van der Waals surface area contributed by atoms with Crippen LogP contribution in [0.2, 0.25) is 0 Å². The molecule has 0 aliphatic heterocycles. The third-order valence-electron chi connectivity index (χ3n) is 2.80. The van der Waals surface area contributed by atoms with E-state index in [0.29, 0.717) is 25.5 Å². The number of rotatable bonds is 8. The lowest BCUT2D eigenvalue weighted by atomic mass is 10.2. The molecule has 1 amide bonds. The summed E-state index contributed by atoms with van der Waals surface area (Å²) in [6.07, 6.45) is 1.63. The molecule has 1 aromatic heterocycles. The van der Waals surface area contributed by atoms with E-state index in [1.165, 1.54) is 11.3 Å². The summed E-state index contributed by atoms with van der Waals surface area (Å²) in [5, 5.41) is 5.25. The summed E-state index contributed by atoms with van der Waals surface area (Å²) in [7, 11) is 1.64. The molecule has 0 fully saturated rings. The van der Waals surface area contributed by atoms with Gasteiger partial charge in [-0.2, -0.15) is 0 Å². The molecule has 5 nitrogen and oxygen atoms in total. The first-order chi connectivity index (χ1) is 10.7. The quantitative estimate of drug-likeness (QED) is 0.600. The lowest BCUT2D eigenvalue weighted by Crippen LogP contribution is -2.23. The van der Waals surface area contributed by atoms with Crippen LogP contribution >= 0.6 is 11.3 Å². The number of nitrogens with one attached hydrogen (secondary N) is 1. The number of ether oxygens (including phenoxy) is 2. The Kier molecular flexibility index (Phi) is 6.12. The monoisotopic (exact) mass is 318 g/mol. The van der Waals surface area contributed by atoms with Gasteiger partial charge in [0.15, 0.2) is 0 Å². The zero-order valence-electron chi connectivity index (χ0n) is 12.4. The Morgan fingerprint density at radius 2 is 2.14 bits per heavy atom. The number of benzene rings is 1. The van der Waals surface area contributed by atoms with Crippen molar-refractivity contribution >= 4 is 17.2 Å². The molecule has 0 bridgehead atoms. The fraction of sp³-hybridized carbons (Fsp3) is 0.250. The van der Waals surface area contributed by atoms with E-state index < -0.39 is 0 Å². The van der Waals surface area contributed by atoms with E-state index in [1.807, 2.05) is 24.3 Å². The predicted molar refractivity (Wildman–Crippen MR) is 87.5 cm³/mol. The van der Waals surface area contributed by atoms with Gasteiger partial charge in [0.05, 0.1) is 6.61 Å². The van der Waals surface area contributed by atoms with E-state index >= 15 is 0 Å². The van der Waals surface area contributed by atoms with Gasteiger partial charge in [0.25, 0.3) is 5.91 Å². The summed E-state index contributed by atoms with van der Waals surface area (Å²) in [4.78, 5) is 16.2. The van der Waals surface area contributed by atoms with Crippen molar-refractivity contribution in [2.24, 2.45) is 0 Å². The number of carbonyl (C=O) groups excluding carboxylic acids is 1. The van der Waals surface area contributed by atoms with Gasteiger partial charge in [-0.25, -0.2) is 4.98 Å². The van der Waals surface area contributed by atoms with Crippen LogP contribution in [0.5, 0.6) is 5.75 Å². The fourth-order valence-corrected chi connectivity index (χ4v) is 2.51. The standard InChI is InChI=1S/C16H18N2O3S/c1-3-8-17-15(19)14-11-22-16(18-14)12-4-6-13(7-5-12)21-10-9-20-2/h3-7,11H,1,8-10H2,2H3,(H,17,19). The Morgan fingerprint density at radius 3 is 2.82 bits per heavy atom. The van der Waals surface area contributed by atoms with Gasteiger partial charge in [-0.3, -0.25) is 4.79 Å². The molecule has 0 aliphatic carbocycles. The van der Waals surface area contributed by atoms with Crippen LogP contribution in [0.4, 0.5) is 0 Å². The van der Waals surface area contributed by atoms with Crippen LogP contribution in [0.25, 0.3) is 10.6 Å². The van der Waals surface area contributed by atoms with Crippen LogP contribution in [0.1, 0.15) is 10.5 Å². The Morgan fingerprint density at radius 1 is 1.36 bits per heavy atom. The van der Waals surface area contributed by atoms with Gasteiger partial charge < -0.3 is 14.8 Å². The van der Waals surface area contributed by atoms with E-state index in [2.05, 4.69) is 16.9 Å². The molecule has 0 spiro atoms. The van der Waals surface area contributed by atoms with E-state index in [9.17, 15) is 4.79 Å².